The summed E-state index contributed by atoms with van der Waals surface area (Å²) < 4.78 is 7.72. The van der Waals surface area contributed by atoms with Crippen LogP contribution in [0.3, 0.4) is 0 Å². The van der Waals surface area contributed by atoms with Crippen LogP contribution in [0.2, 0.25) is 0 Å². The van der Waals surface area contributed by atoms with E-state index in [0.717, 1.165) is 43.4 Å². The van der Waals surface area contributed by atoms with Gasteiger partial charge < -0.3 is 14.7 Å². The van der Waals surface area contributed by atoms with Gasteiger partial charge in [0.25, 0.3) is 0 Å². The smallest absolute Gasteiger partial charge is 0.306 e. The summed E-state index contributed by atoms with van der Waals surface area (Å²) in [6, 6.07) is 7.94. The van der Waals surface area contributed by atoms with E-state index in [9.17, 15) is 14.7 Å². The van der Waals surface area contributed by atoms with Crippen LogP contribution < -0.4 is 4.74 Å². The molecule has 1 amide bonds. The lowest BCUT2D eigenvalue weighted by Gasteiger charge is -2.27. The summed E-state index contributed by atoms with van der Waals surface area (Å²) in [5.74, 6) is -0.256. The molecule has 8 heteroatoms. The van der Waals surface area contributed by atoms with Gasteiger partial charge in [0.1, 0.15) is 11.4 Å². The number of hydrogen-bond donors (Lipinski definition) is 1. The van der Waals surface area contributed by atoms with E-state index < -0.39 is 5.97 Å². The van der Waals surface area contributed by atoms with Crippen LogP contribution in [0.15, 0.2) is 24.3 Å². The summed E-state index contributed by atoms with van der Waals surface area (Å²) >= 11 is 0. The molecule has 0 bridgehead atoms. The molecule has 1 aromatic carbocycles. The van der Waals surface area contributed by atoms with Crippen LogP contribution in [0.5, 0.6) is 5.75 Å². The number of benzene rings is 1. The summed E-state index contributed by atoms with van der Waals surface area (Å²) in [6.07, 6.45) is 7.72. The number of carbonyl (C=O) groups excluding carboxylic acids is 1. The highest BCUT2D eigenvalue weighted by Crippen LogP contribution is 2.30. The topological polar surface area (TPSA) is 97.6 Å². The molecule has 2 fully saturated rings. The van der Waals surface area contributed by atoms with Gasteiger partial charge in [0.2, 0.25) is 5.91 Å². The highest BCUT2D eigenvalue weighted by molar-refractivity contribution is 5.80. The number of amides is 1. The van der Waals surface area contributed by atoms with Crippen molar-refractivity contribution >= 4 is 11.9 Å². The van der Waals surface area contributed by atoms with Crippen molar-refractivity contribution in [3.8, 4) is 17.0 Å². The minimum absolute atomic E-state index is 0.0773. The summed E-state index contributed by atoms with van der Waals surface area (Å²) in [5, 5.41) is 17.7. The zero-order chi connectivity index (χ0) is 22.7. The van der Waals surface area contributed by atoms with Gasteiger partial charge in [-0.15, -0.1) is 5.10 Å². The molecule has 172 valence electrons. The van der Waals surface area contributed by atoms with Gasteiger partial charge >= 0.3 is 5.97 Å². The standard InChI is InChI=1S/C24H32N4O4/c1-27(18-7-3-4-8-18)22(29)15-21-23(25-26-28(21)2)16-10-12-19(13-11-16)32-20-9-5-6-17(14-20)24(30)31/h10-13,17-18,20H,3-9,14-15H2,1-2H3,(H,30,31)/t17-,20-/m0/s1. The first kappa shape index (κ1) is 22.3. The van der Waals surface area contributed by atoms with E-state index in [2.05, 4.69) is 10.3 Å². The van der Waals surface area contributed by atoms with E-state index in [1.54, 1.807) is 4.68 Å². The van der Waals surface area contributed by atoms with Crippen LogP contribution in [0, 0.1) is 5.92 Å². The molecular weight excluding hydrogens is 408 g/mol. The summed E-state index contributed by atoms with van der Waals surface area (Å²) in [7, 11) is 3.71. The van der Waals surface area contributed by atoms with Crippen molar-refractivity contribution in [1.82, 2.24) is 19.9 Å². The fourth-order valence-corrected chi connectivity index (χ4v) is 4.92. The number of carbonyl (C=O) groups is 2. The predicted molar refractivity (Wildman–Crippen MR) is 119 cm³/mol. The number of carboxylic acid groups (broad SMARTS) is 1. The second-order valence-electron chi connectivity index (χ2n) is 9.09. The molecule has 0 aliphatic heterocycles. The molecule has 0 unspecified atom stereocenters. The van der Waals surface area contributed by atoms with E-state index in [4.69, 9.17) is 4.74 Å². The molecule has 2 saturated carbocycles. The SMILES string of the molecule is CN(C(=O)Cc1c(-c2ccc(O[C@H]3CCC[C@H](C(=O)O)C3)cc2)nnn1C)C1CCCC1. The lowest BCUT2D eigenvalue weighted by atomic mass is 9.87. The first-order chi connectivity index (χ1) is 15.4. The maximum absolute atomic E-state index is 12.9. The Bertz CT molecular complexity index is 949. The molecule has 2 atom stereocenters. The van der Waals surface area contributed by atoms with Gasteiger partial charge in [-0.3, -0.25) is 14.3 Å². The maximum Gasteiger partial charge on any atom is 0.306 e. The maximum atomic E-state index is 12.9. The highest BCUT2D eigenvalue weighted by atomic mass is 16.5. The largest absolute Gasteiger partial charge is 0.490 e. The molecule has 1 N–H and O–H groups in total. The number of nitrogens with zero attached hydrogens (tertiary/aromatic N) is 4. The van der Waals surface area contributed by atoms with E-state index in [0.29, 0.717) is 23.9 Å². The van der Waals surface area contributed by atoms with Crippen LogP contribution in [-0.4, -0.2) is 56.1 Å². The van der Waals surface area contributed by atoms with Crippen LogP contribution in [0.4, 0.5) is 0 Å². The van der Waals surface area contributed by atoms with Crippen molar-refractivity contribution < 1.29 is 19.4 Å². The average Bonchev–Trinajstić information content (AvgIpc) is 3.45. The number of aromatic nitrogens is 3. The Labute approximate surface area is 188 Å². The Kier molecular flexibility index (Phi) is 6.77. The summed E-state index contributed by atoms with van der Waals surface area (Å²) in [5.41, 5.74) is 2.38. The second kappa shape index (κ2) is 9.71. The molecular formula is C24H32N4O4. The molecule has 1 aromatic heterocycles. The predicted octanol–water partition coefficient (Wildman–Crippen LogP) is 3.45. The number of carboxylic acids is 1. The van der Waals surface area contributed by atoms with Crippen LogP contribution in [0.25, 0.3) is 11.3 Å². The number of ether oxygens (including phenoxy) is 1. The van der Waals surface area contributed by atoms with Gasteiger partial charge in [-0.05, 0) is 62.8 Å². The van der Waals surface area contributed by atoms with Crippen LogP contribution >= 0.6 is 0 Å². The van der Waals surface area contributed by atoms with Crippen molar-refractivity contribution in [2.75, 3.05) is 7.05 Å². The van der Waals surface area contributed by atoms with E-state index in [1.165, 1.54) is 12.8 Å². The van der Waals surface area contributed by atoms with Gasteiger partial charge in [0, 0.05) is 25.7 Å². The Morgan fingerprint density at radius 3 is 2.53 bits per heavy atom. The number of aliphatic carboxylic acids is 1. The lowest BCUT2D eigenvalue weighted by molar-refractivity contribution is -0.143. The normalized spacial score (nSPS) is 21.4. The molecule has 4 rings (SSSR count). The van der Waals surface area contributed by atoms with E-state index in [-0.39, 0.29) is 24.3 Å². The Hall–Kier alpha value is -2.90. The molecule has 0 spiro atoms. The number of rotatable bonds is 7. The molecule has 1 heterocycles. The molecule has 2 aliphatic rings. The zero-order valence-electron chi connectivity index (χ0n) is 18.9. The van der Waals surface area contributed by atoms with E-state index in [1.807, 2.05) is 43.3 Å². The van der Waals surface area contributed by atoms with Crippen LogP contribution in [0.1, 0.15) is 57.1 Å². The van der Waals surface area contributed by atoms with Crippen molar-refractivity contribution in [3.05, 3.63) is 30.0 Å². The lowest BCUT2D eigenvalue weighted by Crippen LogP contribution is -2.36. The van der Waals surface area contributed by atoms with Gasteiger partial charge in [-0.25, -0.2) is 0 Å². The Morgan fingerprint density at radius 1 is 1.12 bits per heavy atom. The summed E-state index contributed by atoms with van der Waals surface area (Å²) in [4.78, 5) is 26.0. The highest BCUT2D eigenvalue weighted by Gasteiger charge is 2.28. The van der Waals surface area contributed by atoms with Crippen molar-refractivity contribution in [2.45, 2.75) is 69.9 Å². The molecule has 32 heavy (non-hydrogen) atoms. The molecule has 0 saturated heterocycles. The van der Waals surface area contributed by atoms with Gasteiger partial charge in [-0.1, -0.05) is 18.1 Å². The monoisotopic (exact) mass is 440 g/mol. The minimum Gasteiger partial charge on any atom is -0.490 e. The molecule has 0 radical (unpaired) electrons. The van der Waals surface area contributed by atoms with Crippen molar-refractivity contribution in [1.29, 1.82) is 0 Å². The minimum atomic E-state index is -0.739. The number of hydrogen-bond acceptors (Lipinski definition) is 5. The number of likely N-dealkylation sites (N-methyl/N-ethyl adjacent to an activating group) is 1. The van der Waals surface area contributed by atoms with Gasteiger partial charge in [0.05, 0.1) is 24.1 Å². The third-order valence-corrected chi connectivity index (χ3v) is 6.93. The molecule has 8 nitrogen and oxygen atoms in total. The quantitative estimate of drug-likeness (QED) is 0.708. The van der Waals surface area contributed by atoms with E-state index >= 15 is 0 Å². The van der Waals surface area contributed by atoms with Crippen LogP contribution in [-0.2, 0) is 23.1 Å². The number of aryl methyl sites for hydroxylation is 1. The first-order valence-corrected chi connectivity index (χ1v) is 11.6. The molecule has 2 aromatic rings. The fourth-order valence-electron chi connectivity index (χ4n) is 4.92. The summed E-state index contributed by atoms with van der Waals surface area (Å²) in [6.45, 7) is 0. The molecule has 2 aliphatic carbocycles. The Morgan fingerprint density at radius 2 is 1.84 bits per heavy atom. The Balaban J connectivity index is 1.43. The van der Waals surface area contributed by atoms with Crippen molar-refractivity contribution in [2.24, 2.45) is 13.0 Å². The average molecular weight is 441 g/mol. The third kappa shape index (κ3) is 4.95. The zero-order valence-corrected chi connectivity index (χ0v) is 18.9. The van der Waals surface area contributed by atoms with Gasteiger partial charge in [-0.2, -0.15) is 0 Å². The second-order valence-corrected chi connectivity index (χ2v) is 9.09. The third-order valence-electron chi connectivity index (χ3n) is 6.93. The fraction of sp³-hybridized carbons (Fsp3) is 0.583. The first-order valence-electron chi connectivity index (χ1n) is 11.6. The van der Waals surface area contributed by atoms with Gasteiger partial charge in [0.15, 0.2) is 0 Å². The van der Waals surface area contributed by atoms with Crippen molar-refractivity contribution in [3.63, 3.8) is 0 Å².